The molecule has 0 aromatic carbocycles. The minimum absolute atomic E-state index is 0.166. The van der Waals surface area contributed by atoms with E-state index in [1.165, 1.54) is 4.90 Å². The summed E-state index contributed by atoms with van der Waals surface area (Å²) >= 11 is 0. The number of aliphatic imine (C=N–C) groups is 1. The van der Waals surface area contributed by atoms with Gasteiger partial charge in [0.1, 0.15) is 5.60 Å². The molecule has 0 aliphatic carbocycles. The molecular weight excluding hydrogens is 363 g/mol. The van der Waals surface area contributed by atoms with Gasteiger partial charge in [-0.2, -0.15) is 13.2 Å². The molecule has 1 amide bonds. The van der Waals surface area contributed by atoms with Gasteiger partial charge in [0.2, 0.25) is 0 Å². The predicted octanol–water partition coefficient (Wildman–Crippen LogP) is 1.95. The third kappa shape index (κ3) is 11.6. The number of nitrogens with zero attached hydrogens (tertiary/aromatic N) is 2. The lowest BCUT2D eigenvalue weighted by Crippen LogP contribution is -2.41. The number of halogens is 3. The maximum atomic E-state index is 12.4. The summed E-state index contributed by atoms with van der Waals surface area (Å²) in [6, 6.07) is 0. The number of alkyl carbamates (subject to hydrolysis) is 1. The Morgan fingerprint density at radius 3 is 2.44 bits per heavy atom. The maximum Gasteiger partial charge on any atom is 0.407 e. The van der Waals surface area contributed by atoms with Crippen LogP contribution in [0.1, 0.15) is 33.6 Å². The fraction of sp³-hybridized carbons (Fsp3) is 0.882. The molecular formula is C17H32F3N5O2. The molecule has 158 valence electrons. The number of carbonyl (C=O) groups excluding carboxylic acids is 1. The Kier molecular flexibility index (Phi) is 9.14. The van der Waals surface area contributed by atoms with E-state index in [-0.39, 0.29) is 5.92 Å². The molecule has 0 aromatic heterocycles. The third-order valence-electron chi connectivity index (χ3n) is 3.87. The minimum atomic E-state index is -4.15. The van der Waals surface area contributed by atoms with E-state index in [1.54, 1.807) is 27.8 Å². The van der Waals surface area contributed by atoms with E-state index >= 15 is 0 Å². The average molecular weight is 395 g/mol. The molecule has 1 saturated heterocycles. The second-order valence-electron chi connectivity index (χ2n) is 7.67. The van der Waals surface area contributed by atoms with Crippen LogP contribution in [0.15, 0.2) is 4.99 Å². The summed E-state index contributed by atoms with van der Waals surface area (Å²) in [5.41, 5.74) is -0.524. The molecule has 1 aliphatic rings. The topological polar surface area (TPSA) is 78.0 Å². The Hall–Kier alpha value is -1.71. The van der Waals surface area contributed by atoms with Crippen LogP contribution in [0.2, 0.25) is 0 Å². The number of amides is 1. The Morgan fingerprint density at radius 2 is 1.85 bits per heavy atom. The molecule has 1 atom stereocenters. The molecule has 7 nitrogen and oxygen atoms in total. The van der Waals surface area contributed by atoms with Crippen molar-refractivity contribution in [3.8, 4) is 0 Å². The van der Waals surface area contributed by atoms with Gasteiger partial charge in [0.05, 0.1) is 6.54 Å². The van der Waals surface area contributed by atoms with E-state index in [1.807, 2.05) is 0 Å². The number of alkyl halides is 3. The standard InChI is InChI=1S/C17H32F3N5O2/c1-16(2,3)27-15(26)23-8-5-7-22-14(21-4)24-10-13-6-9-25(11-13)12-17(18,19)20/h13H,5-12H2,1-4H3,(H,23,26)(H2,21,22,24). The molecule has 0 spiro atoms. The van der Waals surface area contributed by atoms with E-state index < -0.39 is 24.4 Å². The number of guanidine groups is 1. The van der Waals surface area contributed by atoms with E-state index in [0.717, 1.165) is 6.42 Å². The fourth-order valence-electron chi connectivity index (χ4n) is 2.74. The first-order valence-corrected chi connectivity index (χ1v) is 9.19. The van der Waals surface area contributed by atoms with Crippen LogP contribution in [0, 0.1) is 5.92 Å². The van der Waals surface area contributed by atoms with Crippen molar-refractivity contribution in [1.82, 2.24) is 20.9 Å². The van der Waals surface area contributed by atoms with Gasteiger partial charge in [-0.15, -0.1) is 0 Å². The molecule has 27 heavy (non-hydrogen) atoms. The van der Waals surface area contributed by atoms with Crippen LogP contribution in [0.5, 0.6) is 0 Å². The molecule has 1 heterocycles. The van der Waals surface area contributed by atoms with Crippen molar-refractivity contribution >= 4 is 12.1 Å². The largest absolute Gasteiger partial charge is 0.444 e. The van der Waals surface area contributed by atoms with Gasteiger partial charge in [0, 0.05) is 33.2 Å². The van der Waals surface area contributed by atoms with Gasteiger partial charge >= 0.3 is 12.3 Å². The number of hydrogen-bond acceptors (Lipinski definition) is 4. The second-order valence-corrected chi connectivity index (χ2v) is 7.67. The monoisotopic (exact) mass is 395 g/mol. The SMILES string of the molecule is CN=C(NCCCNC(=O)OC(C)(C)C)NCC1CCN(CC(F)(F)F)C1. The summed E-state index contributed by atoms with van der Waals surface area (Å²) in [6.45, 7) is 7.10. The van der Waals surface area contributed by atoms with Crippen LogP contribution in [0.4, 0.5) is 18.0 Å². The predicted molar refractivity (Wildman–Crippen MR) is 98.8 cm³/mol. The highest BCUT2D eigenvalue weighted by Gasteiger charge is 2.34. The Labute approximate surface area is 159 Å². The molecule has 1 aliphatic heterocycles. The van der Waals surface area contributed by atoms with Crippen LogP contribution < -0.4 is 16.0 Å². The van der Waals surface area contributed by atoms with Crippen molar-refractivity contribution in [2.45, 2.75) is 45.4 Å². The zero-order chi connectivity index (χ0) is 20.5. The van der Waals surface area contributed by atoms with Gasteiger partial charge in [-0.1, -0.05) is 0 Å². The van der Waals surface area contributed by atoms with E-state index in [9.17, 15) is 18.0 Å². The Bertz CT molecular complexity index is 492. The van der Waals surface area contributed by atoms with E-state index in [0.29, 0.717) is 45.1 Å². The van der Waals surface area contributed by atoms with Gasteiger partial charge in [0.25, 0.3) is 0 Å². The first kappa shape index (κ1) is 23.3. The summed E-state index contributed by atoms with van der Waals surface area (Å²) in [4.78, 5) is 17.0. The molecule has 0 saturated carbocycles. The molecule has 3 N–H and O–H groups in total. The molecule has 1 unspecified atom stereocenters. The van der Waals surface area contributed by atoms with Gasteiger partial charge < -0.3 is 20.7 Å². The van der Waals surface area contributed by atoms with Gasteiger partial charge in [-0.05, 0) is 46.1 Å². The van der Waals surface area contributed by atoms with Crippen LogP contribution in [-0.4, -0.2) is 75.0 Å². The molecule has 0 bridgehead atoms. The van der Waals surface area contributed by atoms with Gasteiger partial charge in [0.15, 0.2) is 5.96 Å². The second kappa shape index (κ2) is 10.6. The van der Waals surface area contributed by atoms with Gasteiger partial charge in [-0.25, -0.2) is 4.79 Å². The van der Waals surface area contributed by atoms with E-state index in [4.69, 9.17) is 4.74 Å². The van der Waals surface area contributed by atoms with Crippen molar-refractivity contribution in [3.05, 3.63) is 0 Å². The van der Waals surface area contributed by atoms with Crippen molar-refractivity contribution in [2.75, 3.05) is 46.3 Å². The highest BCUT2D eigenvalue weighted by Crippen LogP contribution is 2.22. The summed E-state index contributed by atoms with van der Waals surface area (Å²) in [5, 5.41) is 8.93. The van der Waals surface area contributed by atoms with Crippen LogP contribution >= 0.6 is 0 Å². The summed E-state index contributed by atoms with van der Waals surface area (Å²) in [7, 11) is 1.64. The lowest BCUT2D eigenvalue weighted by Gasteiger charge is -2.20. The molecule has 0 radical (unpaired) electrons. The average Bonchev–Trinajstić information content (AvgIpc) is 2.93. The Balaban J connectivity index is 2.15. The lowest BCUT2D eigenvalue weighted by molar-refractivity contribution is -0.143. The lowest BCUT2D eigenvalue weighted by atomic mass is 10.1. The minimum Gasteiger partial charge on any atom is -0.444 e. The maximum absolute atomic E-state index is 12.4. The zero-order valence-corrected chi connectivity index (χ0v) is 16.6. The number of rotatable bonds is 7. The molecule has 1 rings (SSSR count). The summed E-state index contributed by atoms with van der Waals surface area (Å²) in [6.07, 6.45) is -3.18. The molecule has 10 heteroatoms. The summed E-state index contributed by atoms with van der Waals surface area (Å²) < 4.78 is 42.4. The van der Waals surface area contributed by atoms with Crippen LogP contribution in [-0.2, 0) is 4.74 Å². The number of ether oxygens (including phenoxy) is 1. The van der Waals surface area contributed by atoms with Crippen molar-refractivity contribution in [3.63, 3.8) is 0 Å². The first-order chi connectivity index (χ1) is 12.5. The first-order valence-electron chi connectivity index (χ1n) is 9.19. The third-order valence-corrected chi connectivity index (χ3v) is 3.87. The highest BCUT2D eigenvalue weighted by atomic mass is 19.4. The zero-order valence-electron chi connectivity index (χ0n) is 16.6. The van der Waals surface area contributed by atoms with Crippen LogP contribution in [0.3, 0.4) is 0 Å². The number of likely N-dealkylation sites (tertiary alicyclic amines) is 1. The normalized spacial score (nSPS) is 19.1. The van der Waals surface area contributed by atoms with Crippen molar-refractivity contribution in [1.29, 1.82) is 0 Å². The smallest absolute Gasteiger partial charge is 0.407 e. The molecule has 0 aromatic rings. The van der Waals surface area contributed by atoms with Gasteiger partial charge in [-0.3, -0.25) is 9.89 Å². The Morgan fingerprint density at radius 1 is 1.19 bits per heavy atom. The quantitative estimate of drug-likeness (QED) is 0.349. The molecule has 1 fully saturated rings. The van der Waals surface area contributed by atoms with Crippen LogP contribution in [0.25, 0.3) is 0 Å². The van der Waals surface area contributed by atoms with E-state index in [2.05, 4.69) is 20.9 Å². The van der Waals surface area contributed by atoms with Crippen molar-refractivity contribution < 1.29 is 22.7 Å². The number of carbonyl (C=O) groups is 1. The fourth-order valence-corrected chi connectivity index (χ4v) is 2.74. The number of hydrogen-bond donors (Lipinski definition) is 3. The van der Waals surface area contributed by atoms with Crippen molar-refractivity contribution in [2.24, 2.45) is 10.9 Å². The summed E-state index contributed by atoms with van der Waals surface area (Å²) in [5.74, 6) is 0.765. The number of nitrogens with one attached hydrogen (secondary N) is 3. The highest BCUT2D eigenvalue weighted by molar-refractivity contribution is 5.79.